The van der Waals surface area contributed by atoms with Gasteiger partial charge in [0.2, 0.25) is 0 Å². The number of anilines is 1. The molecule has 1 aromatic heterocycles. The highest BCUT2D eigenvalue weighted by molar-refractivity contribution is 9.10. The topological polar surface area (TPSA) is 45.7 Å². The van der Waals surface area contributed by atoms with E-state index in [2.05, 4.69) is 20.8 Å². The van der Waals surface area contributed by atoms with E-state index in [0.29, 0.717) is 22.3 Å². The van der Waals surface area contributed by atoms with Crippen LogP contribution in [0.1, 0.15) is 15.9 Å². The number of carbonyl (C=O) groups is 1. The van der Waals surface area contributed by atoms with Gasteiger partial charge in [0.15, 0.2) is 5.13 Å². The van der Waals surface area contributed by atoms with Crippen molar-refractivity contribution in [1.82, 2.24) is 9.88 Å². The first kappa shape index (κ1) is 23.4. The molecule has 9 heteroatoms. The van der Waals surface area contributed by atoms with Gasteiger partial charge >= 0.3 is 0 Å². The number of ether oxygens (including phenoxy) is 1. The third-order valence-corrected chi connectivity index (χ3v) is 6.90. The number of hydrogen-bond acceptors (Lipinski definition) is 5. The van der Waals surface area contributed by atoms with Crippen LogP contribution in [0.2, 0.25) is 5.02 Å². The van der Waals surface area contributed by atoms with Crippen LogP contribution in [0, 0.1) is 6.92 Å². The fourth-order valence-electron chi connectivity index (χ4n) is 3.39. The summed E-state index contributed by atoms with van der Waals surface area (Å²) < 4.78 is 7.20. The van der Waals surface area contributed by atoms with Crippen LogP contribution in [0.25, 0.3) is 10.2 Å². The van der Waals surface area contributed by atoms with E-state index in [9.17, 15) is 4.79 Å². The molecule has 3 aromatic rings. The predicted octanol–water partition coefficient (Wildman–Crippen LogP) is 5.42. The fourth-order valence-corrected chi connectivity index (χ4v) is 5.29. The number of nitrogens with zero attached hydrogens (tertiary/aromatic N) is 3. The highest BCUT2D eigenvalue weighted by Crippen LogP contribution is 2.34. The van der Waals surface area contributed by atoms with Crippen molar-refractivity contribution >= 4 is 72.5 Å². The fraction of sp³-hybridized carbons (Fsp3) is 0.333. The summed E-state index contributed by atoms with van der Waals surface area (Å²) in [5.41, 5.74) is 2.53. The number of amides is 1. The Morgan fingerprint density at radius 2 is 2.03 bits per heavy atom. The van der Waals surface area contributed by atoms with E-state index in [0.717, 1.165) is 53.1 Å². The van der Waals surface area contributed by atoms with Crippen molar-refractivity contribution < 1.29 is 9.53 Å². The minimum atomic E-state index is -0.0615. The molecule has 0 radical (unpaired) electrons. The van der Waals surface area contributed by atoms with Gasteiger partial charge < -0.3 is 4.74 Å². The summed E-state index contributed by atoms with van der Waals surface area (Å²) in [6.45, 7) is 6.55. The van der Waals surface area contributed by atoms with Gasteiger partial charge in [0.25, 0.3) is 5.91 Å². The number of fused-ring (bicyclic) bond motifs is 1. The number of thiazole rings is 1. The molecule has 0 spiro atoms. The van der Waals surface area contributed by atoms with Gasteiger partial charge in [0.1, 0.15) is 0 Å². The summed E-state index contributed by atoms with van der Waals surface area (Å²) in [6.07, 6.45) is 0. The average molecular weight is 531 g/mol. The van der Waals surface area contributed by atoms with Gasteiger partial charge in [0, 0.05) is 35.7 Å². The molecule has 0 N–H and O–H groups in total. The van der Waals surface area contributed by atoms with E-state index in [1.165, 1.54) is 11.3 Å². The first-order valence-corrected chi connectivity index (χ1v) is 11.4. The minimum Gasteiger partial charge on any atom is -0.379 e. The molecule has 0 saturated carbocycles. The van der Waals surface area contributed by atoms with Crippen LogP contribution in [0.15, 0.2) is 40.9 Å². The highest BCUT2D eigenvalue weighted by Gasteiger charge is 2.24. The van der Waals surface area contributed by atoms with E-state index in [1.54, 1.807) is 4.90 Å². The Balaban J connectivity index is 0.00000256. The highest BCUT2D eigenvalue weighted by atomic mass is 79.9. The largest absolute Gasteiger partial charge is 0.379 e. The summed E-state index contributed by atoms with van der Waals surface area (Å²) in [6, 6.07) is 11.3. The lowest BCUT2D eigenvalue weighted by atomic mass is 10.2. The van der Waals surface area contributed by atoms with E-state index in [1.807, 2.05) is 43.3 Å². The van der Waals surface area contributed by atoms with Gasteiger partial charge in [-0.15, -0.1) is 12.4 Å². The molecule has 1 aliphatic rings. The molecule has 160 valence electrons. The zero-order chi connectivity index (χ0) is 20.4. The summed E-state index contributed by atoms with van der Waals surface area (Å²) >= 11 is 11.2. The number of benzene rings is 2. The first-order valence-electron chi connectivity index (χ1n) is 9.46. The standard InChI is InChI=1S/C21H21BrClN3O2S.ClH/c1-14-12-15(23)13-18-19(14)24-21(29-18)26(7-6-25-8-10-28-11-9-25)20(27)16-4-2-3-5-17(16)22;/h2-5,12-13H,6-11H2,1H3;1H. The normalized spacial score (nSPS) is 14.5. The molecule has 2 aromatic carbocycles. The zero-order valence-electron chi connectivity index (χ0n) is 16.4. The van der Waals surface area contributed by atoms with Crippen LogP contribution in [0.4, 0.5) is 5.13 Å². The van der Waals surface area contributed by atoms with Gasteiger partial charge in [-0.05, 0) is 52.7 Å². The van der Waals surface area contributed by atoms with E-state index in [4.69, 9.17) is 21.3 Å². The second-order valence-corrected chi connectivity index (χ2v) is 9.26. The van der Waals surface area contributed by atoms with Crippen molar-refractivity contribution in [3.8, 4) is 0 Å². The second-order valence-electron chi connectivity index (χ2n) is 6.96. The van der Waals surface area contributed by atoms with Crippen molar-refractivity contribution in [3.63, 3.8) is 0 Å². The smallest absolute Gasteiger partial charge is 0.261 e. The number of carbonyl (C=O) groups excluding carboxylic acids is 1. The molecule has 0 aliphatic carbocycles. The Morgan fingerprint density at radius 3 is 2.77 bits per heavy atom. The third kappa shape index (κ3) is 5.15. The molecule has 4 rings (SSSR count). The quantitative estimate of drug-likeness (QED) is 0.441. The van der Waals surface area contributed by atoms with Crippen molar-refractivity contribution in [1.29, 1.82) is 0 Å². The predicted molar refractivity (Wildman–Crippen MR) is 130 cm³/mol. The molecule has 1 aliphatic heterocycles. The van der Waals surface area contributed by atoms with Crippen molar-refractivity contribution in [2.24, 2.45) is 0 Å². The summed E-state index contributed by atoms with van der Waals surface area (Å²) in [4.78, 5) is 22.4. The number of hydrogen-bond donors (Lipinski definition) is 0. The molecular formula is C21H22BrCl2N3O2S. The molecule has 5 nitrogen and oxygen atoms in total. The van der Waals surface area contributed by atoms with Gasteiger partial charge in [-0.1, -0.05) is 35.1 Å². The third-order valence-electron chi connectivity index (χ3n) is 4.96. The van der Waals surface area contributed by atoms with Crippen molar-refractivity contribution in [2.75, 3.05) is 44.3 Å². The Bertz CT molecular complexity index is 1040. The lowest BCUT2D eigenvalue weighted by molar-refractivity contribution is 0.0391. The molecule has 0 atom stereocenters. The maximum Gasteiger partial charge on any atom is 0.261 e. The Morgan fingerprint density at radius 1 is 1.30 bits per heavy atom. The molecule has 1 amide bonds. The zero-order valence-corrected chi connectivity index (χ0v) is 20.4. The van der Waals surface area contributed by atoms with Gasteiger partial charge in [-0.2, -0.15) is 0 Å². The minimum absolute atomic E-state index is 0. The molecule has 2 heterocycles. The maximum absolute atomic E-state index is 13.5. The SMILES string of the molecule is Cc1cc(Cl)cc2sc(N(CCN3CCOCC3)C(=O)c3ccccc3Br)nc12.Cl. The molecule has 1 saturated heterocycles. The van der Waals surface area contributed by atoms with E-state index >= 15 is 0 Å². The number of rotatable bonds is 5. The lowest BCUT2D eigenvalue weighted by Gasteiger charge is -2.29. The van der Waals surface area contributed by atoms with Crippen LogP contribution in [-0.4, -0.2) is 55.2 Å². The van der Waals surface area contributed by atoms with Crippen LogP contribution in [0.5, 0.6) is 0 Å². The van der Waals surface area contributed by atoms with Gasteiger partial charge in [0.05, 0.1) is 29.0 Å². The average Bonchev–Trinajstić information content (AvgIpc) is 3.13. The number of morpholine rings is 1. The van der Waals surface area contributed by atoms with Crippen LogP contribution < -0.4 is 4.90 Å². The van der Waals surface area contributed by atoms with Crippen LogP contribution in [-0.2, 0) is 4.74 Å². The Hall–Kier alpha value is -1.22. The lowest BCUT2D eigenvalue weighted by Crippen LogP contribution is -2.43. The van der Waals surface area contributed by atoms with Crippen LogP contribution >= 0.6 is 51.3 Å². The number of aromatic nitrogens is 1. The molecule has 0 bridgehead atoms. The maximum atomic E-state index is 13.5. The molecular weight excluding hydrogens is 509 g/mol. The van der Waals surface area contributed by atoms with Gasteiger partial charge in [-0.25, -0.2) is 4.98 Å². The molecule has 30 heavy (non-hydrogen) atoms. The second kappa shape index (κ2) is 10.4. The molecule has 0 unspecified atom stereocenters. The molecule has 1 fully saturated rings. The Labute approximate surface area is 199 Å². The number of aryl methyl sites for hydroxylation is 1. The first-order chi connectivity index (χ1) is 14.0. The van der Waals surface area contributed by atoms with Crippen LogP contribution in [0.3, 0.4) is 0 Å². The van der Waals surface area contributed by atoms with E-state index < -0.39 is 0 Å². The van der Waals surface area contributed by atoms with Gasteiger partial charge in [-0.3, -0.25) is 14.6 Å². The van der Waals surface area contributed by atoms with Crippen molar-refractivity contribution in [3.05, 3.63) is 57.0 Å². The summed E-state index contributed by atoms with van der Waals surface area (Å²) in [5.74, 6) is -0.0615. The summed E-state index contributed by atoms with van der Waals surface area (Å²) in [7, 11) is 0. The Kier molecular flexibility index (Phi) is 8.12. The van der Waals surface area contributed by atoms with E-state index in [-0.39, 0.29) is 18.3 Å². The monoisotopic (exact) mass is 529 g/mol. The van der Waals surface area contributed by atoms with Crippen molar-refractivity contribution in [2.45, 2.75) is 6.92 Å². The number of halogens is 3. The summed E-state index contributed by atoms with van der Waals surface area (Å²) in [5, 5.41) is 1.38.